The molecule has 1 aromatic carbocycles. The van der Waals surface area contributed by atoms with Gasteiger partial charge in [-0.15, -0.1) is 4.72 Å². The molecule has 1 aromatic rings. The summed E-state index contributed by atoms with van der Waals surface area (Å²) < 4.78 is 44.5. The van der Waals surface area contributed by atoms with Crippen LogP contribution in [-0.2, 0) is 25.7 Å². The van der Waals surface area contributed by atoms with Crippen molar-refractivity contribution in [2.24, 2.45) is 11.8 Å². The van der Waals surface area contributed by atoms with E-state index < -0.39 is 21.5 Å². The van der Waals surface area contributed by atoms with Crippen molar-refractivity contribution < 1.29 is 17.2 Å². The molecule has 5 nitrogen and oxygen atoms in total. The molecule has 1 aliphatic rings. The highest BCUT2D eigenvalue weighted by atomic mass is 32.2. The number of benzene rings is 1. The fraction of sp³-hybridized carbons (Fsp3) is 0.647. The Kier molecular flexibility index (Phi) is 6.03. The quantitative estimate of drug-likeness (QED) is 0.587. The maximum absolute atomic E-state index is 12.2. The van der Waals surface area contributed by atoms with Crippen molar-refractivity contribution in [1.82, 2.24) is 4.72 Å². The van der Waals surface area contributed by atoms with Gasteiger partial charge in [-0.2, -0.15) is 8.42 Å². The normalized spacial score (nSPS) is 23.8. The van der Waals surface area contributed by atoms with Crippen LogP contribution in [0.1, 0.15) is 39.7 Å². The molecule has 1 aliphatic carbocycles. The van der Waals surface area contributed by atoms with E-state index in [2.05, 4.69) is 4.72 Å². The zero-order valence-electron chi connectivity index (χ0n) is 14.9. The molecule has 136 valence electrons. The summed E-state index contributed by atoms with van der Waals surface area (Å²) in [6, 6.07) is 6.70. The second kappa shape index (κ2) is 7.33. The largest absolute Gasteiger partial charge is 0.598 e. The van der Waals surface area contributed by atoms with E-state index in [-0.39, 0.29) is 28.2 Å². The first-order valence-corrected chi connectivity index (χ1v) is 10.7. The van der Waals surface area contributed by atoms with Gasteiger partial charge in [0.15, 0.2) is 0 Å². The summed E-state index contributed by atoms with van der Waals surface area (Å²) in [4.78, 5) is 0.185. The van der Waals surface area contributed by atoms with Crippen LogP contribution >= 0.6 is 0 Å². The third-order valence-corrected chi connectivity index (χ3v) is 7.21. The SMILES string of the molecule is Cc1ccc(S(=O)(=O)OC[C@@H]2C[C@H]2C(C)N[S@+]([O-])C(C)(C)C)cc1. The third-order valence-electron chi connectivity index (χ3n) is 4.22. The van der Waals surface area contributed by atoms with Crippen LogP contribution in [0.3, 0.4) is 0 Å². The maximum atomic E-state index is 12.2. The van der Waals surface area contributed by atoms with E-state index >= 15 is 0 Å². The lowest BCUT2D eigenvalue weighted by molar-refractivity contribution is 0.290. The fourth-order valence-electron chi connectivity index (χ4n) is 2.46. The van der Waals surface area contributed by atoms with Gasteiger partial charge in [0, 0.05) is 11.4 Å². The Balaban J connectivity index is 1.83. The van der Waals surface area contributed by atoms with E-state index in [1.165, 1.54) is 0 Å². The van der Waals surface area contributed by atoms with Crippen LogP contribution in [0.15, 0.2) is 29.2 Å². The predicted molar refractivity (Wildman–Crippen MR) is 96.4 cm³/mol. The average molecular weight is 374 g/mol. The fourth-order valence-corrected chi connectivity index (χ4v) is 4.28. The van der Waals surface area contributed by atoms with E-state index in [9.17, 15) is 13.0 Å². The van der Waals surface area contributed by atoms with E-state index in [1.807, 2.05) is 34.6 Å². The first-order valence-electron chi connectivity index (χ1n) is 8.15. The maximum Gasteiger partial charge on any atom is 0.296 e. The highest BCUT2D eigenvalue weighted by Gasteiger charge is 2.44. The van der Waals surface area contributed by atoms with Crippen molar-refractivity contribution in [2.75, 3.05) is 6.61 Å². The molecule has 7 heteroatoms. The molecule has 0 saturated heterocycles. The summed E-state index contributed by atoms with van der Waals surface area (Å²) in [5, 5.41) is 0. The Morgan fingerprint density at radius 3 is 2.46 bits per heavy atom. The van der Waals surface area contributed by atoms with E-state index in [4.69, 9.17) is 4.18 Å². The van der Waals surface area contributed by atoms with Gasteiger partial charge in [-0.3, -0.25) is 4.18 Å². The highest BCUT2D eigenvalue weighted by Crippen LogP contribution is 2.42. The molecule has 0 heterocycles. The van der Waals surface area contributed by atoms with Crippen LogP contribution in [0.5, 0.6) is 0 Å². The number of hydrogen-bond donors (Lipinski definition) is 1. The predicted octanol–water partition coefficient (Wildman–Crippen LogP) is 2.78. The lowest BCUT2D eigenvalue weighted by Gasteiger charge is -2.26. The number of hydrogen-bond acceptors (Lipinski definition) is 5. The molecular weight excluding hydrogens is 346 g/mol. The highest BCUT2D eigenvalue weighted by molar-refractivity contribution is 7.90. The Bertz CT molecular complexity index is 652. The molecule has 1 unspecified atom stereocenters. The summed E-state index contributed by atoms with van der Waals surface area (Å²) in [6.45, 7) is 9.83. The minimum absolute atomic E-state index is 0.0701. The van der Waals surface area contributed by atoms with Crippen molar-refractivity contribution in [1.29, 1.82) is 0 Å². The smallest absolute Gasteiger partial charge is 0.296 e. The second-order valence-electron chi connectivity index (χ2n) is 7.50. The van der Waals surface area contributed by atoms with Gasteiger partial charge in [-0.1, -0.05) is 17.7 Å². The molecule has 0 radical (unpaired) electrons. The Morgan fingerprint density at radius 2 is 1.92 bits per heavy atom. The first kappa shape index (κ1) is 19.7. The summed E-state index contributed by atoms with van der Waals surface area (Å²) in [5.41, 5.74) is 1.00. The molecule has 0 aromatic heterocycles. The van der Waals surface area contributed by atoms with Gasteiger partial charge in [0.1, 0.15) is 4.75 Å². The molecule has 24 heavy (non-hydrogen) atoms. The van der Waals surface area contributed by atoms with Gasteiger partial charge in [0.25, 0.3) is 10.1 Å². The van der Waals surface area contributed by atoms with Crippen molar-refractivity contribution in [3.05, 3.63) is 29.8 Å². The first-order chi connectivity index (χ1) is 11.0. The van der Waals surface area contributed by atoms with Crippen LogP contribution in [-0.4, -0.2) is 30.4 Å². The topological polar surface area (TPSA) is 78.5 Å². The molecular formula is C17H27NO4S2. The molecule has 0 amide bonds. The van der Waals surface area contributed by atoms with Crippen LogP contribution in [0, 0.1) is 18.8 Å². The Morgan fingerprint density at radius 1 is 1.33 bits per heavy atom. The molecule has 1 saturated carbocycles. The molecule has 0 aliphatic heterocycles. The van der Waals surface area contributed by atoms with Crippen molar-refractivity contribution in [2.45, 2.75) is 56.7 Å². The molecule has 0 bridgehead atoms. The van der Waals surface area contributed by atoms with Crippen molar-refractivity contribution >= 4 is 21.5 Å². The van der Waals surface area contributed by atoms with Crippen molar-refractivity contribution in [3.8, 4) is 0 Å². The van der Waals surface area contributed by atoms with E-state index in [0.717, 1.165) is 12.0 Å². The van der Waals surface area contributed by atoms with Crippen LogP contribution < -0.4 is 4.72 Å². The number of aryl methyl sites for hydroxylation is 1. The summed E-state index contributed by atoms with van der Waals surface area (Å²) in [7, 11) is -3.71. The van der Waals surface area contributed by atoms with Crippen LogP contribution in [0.25, 0.3) is 0 Å². The van der Waals surface area contributed by atoms with Gasteiger partial charge < -0.3 is 4.55 Å². The van der Waals surface area contributed by atoms with E-state index in [0.29, 0.717) is 5.92 Å². The molecule has 2 rings (SSSR count). The summed E-state index contributed by atoms with van der Waals surface area (Å²) in [5.74, 6) is 0.481. The van der Waals surface area contributed by atoms with Crippen molar-refractivity contribution in [3.63, 3.8) is 0 Å². The number of nitrogens with one attached hydrogen (secondary N) is 1. The third kappa shape index (κ3) is 5.20. The Hall–Kier alpha value is -0.600. The minimum atomic E-state index is -3.71. The second-order valence-corrected chi connectivity index (χ2v) is 11.1. The van der Waals surface area contributed by atoms with Gasteiger partial charge in [-0.05, 0) is 65.0 Å². The van der Waals surface area contributed by atoms with Gasteiger partial charge >= 0.3 is 0 Å². The lowest BCUT2D eigenvalue weighted by atomic mass is 10.2. The molecule has 4 atom stereocenters. The van der Waals surface area contributed by atoms with Gasteiger partial charge in [0.05, 0.1) is 17.5 Å². The lowest BCUT2D eigenvalue weighted by Crippen LogP contribution is -2.44. The molecule has 1 fully saturated rings. The molecule has 1 N–H and O–H groups in total. The summed E-state index contributed by atoms with van der Waals surface area (Å²) >= 11 is -1.13. The summed E-state index contributed by atoms with van der Waals surface area (Å²) in [6.07, 6.45) is 0.888. The molecule has 0 spiro atoms. The zero-order valence-corrected chi connectivity index (χ0v) is 16.5. The van der Waals surface area contributed by atoms with Crippen LogP contribution in [0.4, 0.5) is 0 Å². The minimum Gasteiger partial charge on any atom is -0.598 e. The van der Waals surface area contributed by atoms with Gasteiger partial charge in [0.2, 0.25) is 0 Å². The number of rotatable bonds is 7. The van der Waals surface area contributed by atoms with Gasteiger partial charge in [-0.25, -0.2) is 0 Å². The Labute approximate surface area is 148 Å². The standard InChI is InChI=1S/C17H27NO4S2/c1-12-6-8-15(9-7-12)24(20,21)22-11-14-10-16(14)13(2)18-23(19)17(3,4)5/h6-9,13-14,16,18H,10-11H2,1-5H3/t13?,14-,16-,23+/m0/s1. The average Bonchev–Trinajstić information content (AvgIpc) is 3.24. The zero-order chi connectivity index (χ0) is 18.1. The van der Waals surface area contributed by atoms with Crippen LogP contribution in [0.2, 0.25) is 0 Å². The van der Waals surface area contributed by atoms with E-state index in [1.54, 1.807) is 24.3 Å². The monoisotopic (exact) mass is 373 g/mol.